The lowest BCUT2D eigenvalue weighted by Gasteiger charge is -2.26. The maximum absolute atomic E-state index is 12.5. The zero-order valence-corrected chi connectivity index (χ0v) is 14.3. The number of para-hydroxylation sites is 2. The highest BCUT2D eigenvalue weighted by atomic mass is 79.9. The van der Waals surface area contributed by atoms with Crippen molar-refractivity contribution in [2.75, 3.05) is 13.2 Å². The highest BCUT2D eigenvalue weighted by Crippen LogP contribution is 2.30. The molecule has 0 radical (unpaired) electrons. The van der Waals surface area contributed by atoms with Crippen LogP contribution in [0, 0.1) is 0 Å². The van der Waals surface area contributed by atoms with Gasteiger partial charge in [0.15, 0.2) is 11.5 Å². The number of rotatable bonds is 6. The van der Waals surface area contributed by atoms with E-state index < -0.39 is 6.61 Å². The molecule has 0 saturated heterocycles. The molecule has 24 heavy (non-hydrogen) atoms. The van der Waals surface area contributed by atoms with Crippen LogP contribution in [0.3, 0.4) is 0 Å². The SMILES string of the molecule is FC(F)Oc1ccc(Br)cc1CNC[C@H]1COc2ccccc2O1. The molecule has 1 heterocycles. The molecule has 0 fully saturated rings. The fourth-order valence-electron chi connectivity index (χ4n) is 2.43. The van der Waals surface area contributed by atoms with E-state index in [-0.39, 0.29) is 11.9 Å². The molecule has 1 N–H and O–H groups in total. The number of hydrogen-bond acceptors (Lipinski definition) is 4. The van der Waals surface area contributed by atoms with Gasteiger partial charge in [-0.3, -0.25) is 0 Å². The third-order valence-corrected chi connectivity index (χ3v) is 3.99. The lowest BCUT2D eigenvalue weighted by atomic mass is 10.2. The Bertz CT molecular complexity index is 699. The Kier molecular flexibility index (Phi) is 5.52. The van der Waals surface area contributed by atoms with E-state index in [1.807, 2.05) is 24.3 Å². The van der Waals surface area contributed by atoms with Crippen molar-refractivity contribution >= 4 is 15.9 Å². The Balaban J connectivity index is 1.56. The first-order valence-corrected chi connectivity index (χ1v) is 8.23. The molecule has 0 aliphatic carbocycles. The molecule has 0 bridgehead atoms. The first kappa shape index (κ1) is 17.0. The molecular weight excluding hydrogens is 384 g/mol. The van der Waals surface area contributed by atoms with Gasteiger partial charge in [0, 0.05) is 23.1 Å². The summed E-state index contributed by atoms with van der Waals surface area (Å²) in [7, 11) is 0. The number of ether oxygens (including phenoxy) is 3. The number of benzene rings is 2. The lowest BCUT2D eigenvalue weighted by Crippen LogP contribution is -2.38. The highest BCUT2D eigenvalue weighted by molar-refractivity contribution is 9.10. The summed E-state index contributed by atoms with van der Waals surface area (Å²) in [6.45, 7) is -1.52. The fraction of sp³-hybridized carbons (Fsp3) is 0.294. The predicted octanol–water partition coefficient (Wildman–Crippen LogP) is 3.98. The molecule has 0 aromatic heterocycles. The van der Waals surface area contributed by atoms with Crippen LogP contribution in [0.15, 0.2) is 46.9 Å². The van der Waals surface area contributed by atoms with Crippen molar-refractivity contribution in [3.8, 4) is 17.2 Å². The monoisotopic (exact) mass is 399 g/mol. The summed E-state index contributed by atoms with van der Waals surface area (Å²) in [4.78, 5) is 0. The van der Waals surface area contributed by atoms with Crippen LogP contribution in [0.25, 0.3) is 0 Å². The minimum atomic E-state index is -2.85. The van der Waals surface area contributed by atoms with E-state index >= 15 is 0 Å². The average molecular weight is 400 g/mol. The van der Waals surface area contributed by atoms with Gasteiger partial charge in [-0.15, -0.1) is 0 Å². The van der Waals surface area contributed by atoms with Crippen LogP contribution >= 0.6 is 15.9 Å². The molecule has 0 unspecified atom stereocenters. The topological polar surface area (TPSA) is 39.7 Å². The second kappa shape index (κ2) is 7.81. The van der Waals surface area contributed by atoms with Gasteiger partial charge < -0.3 is 19.5 Å². The molecule has 0 amide bonds. The molecule has 1 aliphatic heterocycles. The lowest BCUT2D eigenvalue weighted by molar-refractivity contribution is -0.0505. The molecule has 1 aliphatic rings. The Hall–Kier alpha value is -1.86. The van der Waals surface area contributed by atoms with E-state index in [0.717, 1.165) is 10.2 Å². The second-order valence-electron chi connectivity index (χ2n) is 5.26. The van der Waals surface area contributed by atoms with E-state index in [1.165, 1.54) is 6.07 Å². The van der Waals surface area contributed by atoms with Crippen molar-refractivity contribution in [1.82, 2.24) is 5.32 Å². The number of halogens is 3. The van der Waals surface area contributed by atoms with Crippen molar-refractivity contribution in [2.45, 2.75) is 19.3 Å². The number of nitrogens with one attached hydrogen (secondary N) is 1. The molecule has 7 heteroatoms. The maximum atomic E-state index is 12.5. The van der Waals surface area contributed by atoms with Gasteiger partial charge in [-0.25, -0.2) is 0 Å². The Morgan fingerprint density at radius 1 is 1.21 bits per heavy atom. The van der Waals surface area contributed by atoms with Crippen LogP contribution in [0.5, 0.6) is 17.2 Å². The minimum absolute atomic E-state index is 0.147. The normalized spacial score (nSPS) is 16.2. The first-order valence-electron chi connectivity index (χ1n) is 7.44. The summed E-state index contributed by atoms with van der Waals surface area (Å²) in [5.74, 6) is 1.60. The van der Waals surface area contributed by atoms with Crippen molar-refractivity contribution in [3.63, 3.8) is 0 Å². The van der Waals surface area contributed by atoms with Gasteiger partial charge >= 0.3 is 6.61 Å². The van der Waals surface area contributed by atoms with E-state index in [2.05, 4.69) is 26.0 Å². The smallest absolute Gasteiger partial charge is 0.387 e. The number of hydrogen-bond donors (Lipinski definition) is 1. The van der Waals surface area contributed by atoms with Gasteiger partial charge in [0.25, 0.3) is 0 Å². The third-order valence-electron chi connectivity index (χ3n) is 3.49. The molecule has 4 nitrogen and oxygen atoms in total. The molecule has 1 atom stereocenters. The van der Waals surface area contributed by atoms with Crippen molar-refractivity contribution in [2.24, 2.45) is 0 Å². The van der Waals surface area contributed by atoms with E-state index in [4.69, 9.17) is 9.47 Å². The van der Waals surface area contributed by atoms with Crippen LogP contribution in [0.2, 0.25) is 0 Å². The van der Waals surface area contributed by atoms with Gasteiger partial charge in [0.2, 0.25) is 0 Å². The van der Waals surface area contributed by atoms with Gasteiger partial charge in [0.1, 0.15) is 18.5 Å². The summed E-state index contributed by atoms with van der Waals surface area (Å²) < 4.78 is 41.7. The Morgan fingerprint density at radius 3 is 2.79 bits per heavy atom. The standard InChI is InChI=1S/C17H16BrF2NO3/c18-12-5-6-14(24-17(19)20)11(7-12)8-21-9-13-10-22-15-3-1-2-4-16(15)23-13/h1-7,13,17,21H,8-10H2/t13-/m0/s1. The third kappa shape index (κ3) is 4.36. The van der Waals surface area contributed by atoms with Crippen LogP contribution in [0.1, 0.15) is 5.56 Å². The molecule has 0 saturated carbocycles. The van der Waals surface area contributed by atoms with E-state index in [9.17, 15) is 8.78 Å². The predicted molar refractivity (Wildman–Crippen MR) is 88.8 cm³/mol. The van der Waals surface area contributed by atoms with Gasteiger partial charge in [0.05, 0.1) is 0 Å². The molecule has 128 valence electrons. The van der Waals surface area contributed by atoms with Crippen LogP contribution in [0.4, 0.5) is 8.78 Å². The first-order chi connectivity index (χ1) is 11.6. The largest absolute Gasteiger partial charge is 0.486 e. The van der Waals surface area contributed by atoms with Crippen molar-refractivity contribution in [3.05, 3.63) is 52.5 Å². The fourth-order valence-corrected chi connectivity index (χ4v) is 2.84. The Labute approximate surface area is 146 Å². The van der Waals surface area contributed by atoms with Crippen LogP contribution < -0.4 is 19.5 Å². The van der Waals surface area contributed by atoms with E-state index in [1.54, 1.807) is 12.1 Å². The highest BCUT2D eigenvalue weighted by Gasteiger charge is 2.20. The molecule has 2 aromatic rings. The average Bonchev–Trinajstić information content (AvgIpc) is 2.57. The Morgan fingerprint density at radius 2 is 2.00 bits per heavy atom. The quantitative estimate of drug-likeness (QED) is 0.797. The van der Waals surface area contributed by atoms with Gasteiger partial charge in [-0.2, -0.15) is 8.78 Å². The van der Waals surface area contributed by atoms with E-state index in [0.29, 0.717) is 31.0 Å². The molecular formula is C17H16BrF2NO3. The van der Waals surface area contributed by atoms with Crippen molar-refractivity contribution < 1.29 is 23.0 Å². The van der Waals surface area contributed by atoms with Crippen LogP contribution in [-0.2, 0) is 6.54 Å². The summed E-state index contributed by atoms with van der Waals surface area (Å²) >= 11 is 3.33. The number of alkyl halides is 2. The molecule has 3 rings (SSSR count). The minimum Gasteiger partial charge on any atom is -0.486 e. The molecule has 2 aromatic carbocycles. The van der Waals surface area contributed by atoms with Gasteiger partial charge in [-0.1, -0.05) is 28.1 Å². The number of fused-ring (bicyclic) bond motifs is 1. The maximum Gasteiger partial charge on any atom is 0.387 e. The van der Waals surface area contributed by atoms with Crippen molar-refractivity contribution in [1.29, 1.82) is 0 Å². The van der Waals surface area contributed by atoms with Gasteiger partial charge in [-0.05, 0) is 30.3 Å². The summed E-state index contributed by atoms with van der Waals surface area (Å²) in [6, 6.07) is 12.4. The summed E-state index contributed by atoms with van der Waals surface area (Å²) in [5.41, 5.74) is 0.641. The summed E-state index contributed by atoms with van der Waals surface area (Å²) in [6.07, 6.45) is -0.147. The van der Waals surface area contributed by atoms with Crippen LogP contribution in [-0.4, -0.2) is 25.9 Å². The second-order valence-corrected chi connectivity index (χ2v) is 6.17. The summed E-state index contributed by atoms with van der Waals surface area (Å²) in [5, 5.41) is 3.19. The molecule has 0 spiro atoms. The zero-order valence-electron chi connectivity index (χ0n) is 12.7. The zero-order chi connectivity index (χ0) is 16.9.